The average molecular weight is 290 g/mol. The van der Waals surface area contributed by atoms with Crippen LogP contribution < -0.4 is 15.8 Å². The molecule has 0 aliphatic carbocycles. The van der Waals surface area contributed by atoms with Crippen LogP contribution in [0.5, 0.6) is 5.75 Å². The Morgan fingerprint density at radius 2 is 2.05 bits per heavy atom. The number of ether oxygens (including phenoxy) is 1. The number of nitrogens with one attached hydrogen (secondary N) is 1. The average Bonchev–Trinajstić information content (AvgIpc) is 2.94. The van der Waals surface area contributed by atoms with E-state index in [0.717, 1.165) is 5.56 Å². The number of benzene rings is 1. The lowest BCUT2D eigenvalue weighted by atomic mass is 10.2. The monoisotopic (exact) mass is 290 g/mol. The predicted molar refractivity (Wildman–Crippen MR) is 76.8 cm³/mol. The van der Waals surface area contributed by atoms with E-state index in [4.69, 9.17) is 14.9 Å². The summed E-state index contributed by atoms with van der Waals surface area (Å²) in [4.78, 5) is 11.7. The van der Waals surface area contributed by atoms with Crippen LogP contribution in [0.4, 0.5) is 6.01 Å². The number of amides is 1. The number of anilines is 1. The first-order valence-electron chi connectivity index (χ1n) is 6.63. The van der Waals surface area contributed by atoms with Crippen molar-refractivity contribution in [1.82, 2.24) is 10.2 Å². The van der Waals surface area contributed by atoms with Crippen LogP contribution in [0.15, 0.2) is 28.7 Å². The zero-order valence-electron chi connectivity index (χ0n) is 12.0. The Kier molecular flexibility index (Phi) is 4.89. The van der Waals surface area contributed by atoms with Gasteiger partial charge in [-0.1, -0.05) is 31.1 Å². The summed E-state index contributed by atoms with van der Waals surface area (Å²) in [6.45, 7) is 4.18. The quantitative estimate of drug-likeness (QED) is 0.838. The van der Waals surface area contributed by atoms with E-state index in [1.165, 1.54) is 0 Å². The number of nitrogens with two attached hydrogens (primary N) is 1. The smallest absolute Gasteiger partial charge is 0.322 e. The van der Waals surface area contributed by atoms with E-state index in [9.17, 15) is 4.79 Å². The number of carbonyl (C=O) groups excluding carboxylic acids is 1. The molecular weight excluding hydrogens is 272 g/mol. The molecule has 0 fully saturated rings. The highest BCUT2D eigenvalue weighted by molar-refractivity contribution is 5.89. The predicted octanol–water partition coefficient (Wildman–Crippen LogP) is 1.67. The largest absolute Gasteiger partial charge is 0.484 e. The first kappa shape index (κ1) is 15.0. The van der Waals surface area contributed by atoms with Gasteiger partial charge in [-0.15, -0.1) is 5.10 Å². The Bertz CT molecular complexity index is 593. The molecule has 0 saturated heterocycles. The molecule has 2 rings (SSSR count). The molecule has 7 heteroatoms. The van der Waals surface area contributed by atoms with E-state index in [1.54, 1.807) is 12.1 Å². The molecule has 0 radical (unpaired) electrons. The summed E-state index contributed by atoms with van der Waals surface area (Å²) in [6, 6.07) is 7.30. The second kappa shape index (κ2) is 6.85. The number of hydrogen-bond acceptors (Lipinski definition) is 6. The van der Waals surface area contributed by atoms with E-state index in [1.807, 2.05) is 26.0 Å². The van der Waals surface area contributed by atoms with Gasteiger partial charge in [0.25, 0.3) is 5.91 Å². The van der Waals surface area contributed by atoms with Crippen LogP contribution in [0.2, 0.25) is 0 Å². The van der Waals surface area contributed by atoms with E-state index in [-0.39, 0.29) is 24.4 Å². The topological polar surface area (TPSA) is 103 Å². The van der Waals surface area contributed by atoms with Crippen LogP contribution >= 0.6 is 0 Å². The van der Waals surface area contributed by atoms with Crippen LogP contribution in [0.3, 0.4) is 0 Å². The molecule has 0 aliphatic heterocycles. The molecule has 2 aromatic rings. The third-order valence-corrected chi connectivity index (χ3v) is 2.71. The molecule has 0 saturated carbocycles. The summed E-state index contributed by atoms with van der Waals surface area (Å²) >= 11 is 0. The maximum Gasteiger partial charge on any atom is 0.322 e. The summed E-state index contributed by atoms with van der Waals surface area (Å²) in [6.07, 6.45) is 0. The molecule has 1 heterocycles. The van der Waals surface area contributed by atoms with Crippen molar-refractivity contribution in [3.8, 4) is 5.75 Å². The van der Waals surface area contributed by atoms with Gasteiger partial charge in [0.1, 0.15) is 5.75 Å². The molecule has 21 heavy (non-hydrogen) atoms. The van der Waals surface area contributed by atoms with Gasteiger partial charge in [-0.2, -0.15) is 0 Å². The molecule has 7 nitrogen and oxygen atoms in total. The summed E-state index contributed by atoms with van der Waals surface area (Å²) in [5.41, 5.74) is 6.50. The molecule has 1 aromatic carbocycles. The Balaban J connectivity index is 1.83. The van der Waals surface area contributed by atoms with Gasteiger partial charge in [-0.05, 0) is 17.7 Å². The van der Waals surface area contributed by atoms with Crippen molar-refractivity contribution in [2.75, 3.05) is 11.9 Å². The minimum atomic E-state index is -0.364. The van der Waals surface area contributed by atoms with Crippen molar-refractivity contribution in [1.29, 1.82) is 0 Å². The maximum atomic E-state index is 11.7. The summed E-state index contributed by atoms with van der Waals surface area (Å²) < 4.78 is 10.6. The number of rotatable bonds is 6. The number of nitrogens with zero attached hydrogens (tertiary/aromatic N) is 2. The Morgan fingerprint density at radius 3 is 2.62 bits per heavy atom. The molecule has 3 N–H and O–H groups in total. The van der Waals surface area contributed by atoms with Gasteiger partial charge in [0.05, 0.1) is 0 Å². The highest BCUT2D eigenvalue weighted by Crippen LogP contribution is 2.15. The SMILES string of the molecule is CC(C)c1nnc(NC(=O)COc2ccc(CN)cc2)o1. The first-order chi connectivity index (χ1) is 10.1. The Hall–Kier alpha value is -2.41. The molecule has 112 valence electrons. The Labute approximate surface area is 122 Å². The number of carbonyl (C=O) groups is 1. The van der Waals surface area contributed by atoms with E-state index in [0.29, 0.717) is 18.2 Å². The van der Waals surface area contributed by atoms with Gasteiger partial charge in [0.15, 0.2) is 6.61 Å². The van der Waals surface area contributed by atoms with Crippen molar-refractivity contribution in [3.63, 3.8) is 0 Å². The maximum absolute atomic E-state index is 11.7. The lowest BCUT2D eigenvalue weighted by Crippen LogP contribution is -2.20. The summed E-state index contributed by atoms with van der Waals surface area (Å²) in [5.74, 6) is 0.816. The van der Waals surface area contributed by atoms with E-state index < -0.39 is 0 Å². The molecule has 1 aromatic heterocycles. The molecule has 0 bridgehead atoms. The Morgan fingerprint density at radius 1 is 1.33 bits per heavy atom. The second-order valence-corrected chi connectivity index (χ2v) is 4.79. The number of aromatic nitrogens is 2. The van der Waals surface area contributed by atoms with Crippen molar-refractivity contribution < 1.29 is 13.9 Å². The first-order valence-corrected chi connectivity index (χ1v) is 6.63. The van der Waals surface area contributed by atoms with Crippen LogP contribution in [-0.2, 0) is 11.3 Å². The van der Waals surface area contributed by atoms with Crippen molar-refractivity contribution >= 4 is 11.9 Å². The normalized spacial score (nSPS) is 10.7. The van der Waals surface area contributed by atoms with Gasteiger partial charge >= 0.3 is 6.01 Å². The van der Waals surface area contributed by atoms with Crippen LogP contribution in [0, 0.1) is 0 Å². The van der Waals surface area contributed by atoms with Gasteiger partial charge in [0, 0.05) is 12.5 Å². The second-order valence-electron chi connectivity index (χ2n) is 4.79. The van der Waals surface area contributed by atoms with Crippen LogP contribution in [0.1, 0.15) is 31.2 Å². The fraction of sp³-hybridized carbons (Fsp3) is 0.357. The zero-order valence-corrected chi connectivity index (χ0v) is 12.0. The van der Waals surface area contributed by atoms with Gasteiger partial charge in [-0.25, -0.2) is 0 Å². The van der Waals surface area contributed by atoms with Crippen molar-refractivity contribution in [2.24, 2.45) is 5.73 Å². The summed E-state index contributed by atoms with van der Waals surface area (Å²) in [7, 11) is 0. The van der Waals surface area contributed by atoms with E-state index in [2.05, 4.69) is 15.5 Å². The zero-order chi connectivity index (χ0) is 15.2. The van der Waals surface area contributed by atoms with Crippen LogP contribution in [0.25, 0.3) is 0 Å². The lowest BCUT2D eigenvalue weighted by molar-refractivity contribution is -0.118. The van der Waals surface area contributed by atoms with Gasteiger partial charge < -0.3 is 14.9 Å². The fourth-order valence-corrected chi connectivity index (χ4v) is 1.54. The molecule has 0 unspecified atom stereocenters. The fourth-order valence-electron chi connectivity index (χ4n) is 1.54. The molecule has 0 atom stereocenters. The van der Waals surface area contributed by atoms with Gasteiger partial charge in [-0.3, -0.25) is 10.1 Å². The molecule has 1 amide bonds. The third kappa shape index (κ3) is 4.28. The summed E-state index contributed by atoms with van der Waals surface area (Å²) in [5, 5.41) is 10.0. The highest BCUT2D eigenvalue weighted by atomic mass is 16.5. The van der Waals surface area contributed by atoms with E-state index >= 15 is 0 Å². The third-order valence-electron chi connectivity index (χ3n) is 2.71. The lowest BCUT2D eigenvalue weighted by Gasteiger charge is -2.06. The molecule has 0 spiro atoms. The standard InChI is InChI=1S/C14H18N4O3/c1-9(2)13-17-18-14(21-13)16-12(19)8-20-11-5-3-10(7-15)4-6-11/h3-6,9H,7-8,15H2,1-2H3,(H,16,18,19). The molecule has 0 aliphatic rings. The van der Waals surface area contributed by atoms with Gasteiger partial charge in [0.2, 0.25) is 5.89 Å². The molecular formula is C14H18N4O3. The minimum absolute atomic E-state index is 0.0748. The number of hydrogen-bond donors (Lipinski definition) is 2. The van der Waals surface area contributed by atoms with Crippen LogP contribution in [-0.4, -0.2) is 22.7 Å². The highest BCUT2D eigenvalue weighted by Gasteiger charge is 2.12. The van der Waals surface area contributed by atoms with Crippen molar-refractivity contribution in [3.05, 3.63) is 35.7 Å². The van der Waals surface area contributed by atoms with Crippen molar-refractivity contribution in [2.45, 2.75) is 26.3 Å². The minimum Gasteiger partial charge on any atom is -0.484 e.